The van der Waals surface area contributed by atoms with Gasteiger partial charge in [-0.2, -0.15) is 0 Å². The van der Waals surface area contributed by atoms with Crippen molar-refractivity contribution in [3.05, 3.63) is 209 Å². The predicted molar refractivity (Wildman–Crippen MR) is 307 cm³/mol. The zero-order valence-corrected chi connectivity index (χ0v) is 44.6. The first kappa shape index (κ1) is 46.8. The predicted octanol–water partition coefficient (Wildman–Crippen LogP) is 16.7. The van der Waals surface area contributed by atoms with Crippen LogP contribution in [0.4, 0.5) is 34.1 Å². The van der Waals surface area contributed by atoms with Gasteiger partial charge in [-0.3, -0.25) is 0 Å². The number of nitrogens with zero attached hydrogens (tertiary/aromatic N) is 2. The molecule has 0 aromatic heterocycles. The Morgan fingerprint density at radius 2 is 0.944 bits per heavy atom. The topological polar surface area (TPSA) is 6.48 Å². The molecule has 8 aromatic rings. The first-order valence-electron chi connectivity index (χ1n) is 26.2. The van der Waals surface area contributed by atoms with Crippen LogP contribution in [0.25, 0.3) is 22.3 Å². The Morgan fingerprint density at radius 3 is 1.59 bits per heavy atom. The van der Waals surface area contributed by atoms with E-state index in [4.69, 9.17) is 0 Å². The molecule has 0 N–H and O–H groups in total. The smallest absolute Gasteiger partial charge is 0.252 e. The average Bonchev–Trinajstić information content (AvgIpc) is 3.34. The van der Waals surface area contributed by atoms with E-state index in [2.05, 4.69) is 270 Å². The van der Waals surface area contributed by atoms with E-state index in [-0.39, 0.29) is 33.8 Å². The summed E-state index contributed by atoms with van der Waals surface area (Å²) in [5.74, 6) is 0. The van der Waals surface area contributed by atoms with E-state index in [0.29, 0.717) is 0 Å². The zero-order chi connectivity index (χ0) is 50.0. The highest BCUT2D eigenvalue weighted by molar-refractivity contribution is 7.00. The van der Waals surface area contributed by atoms with Gasteiger partial charge in [0.05, 0.1) is 5.69 Å². The highest BCUT2D eigenvalue weighted by Crippen LogP contribution is 2.52. The monoisotopic (exact) mass is 927 g/mol. The van der Waals surface area contributed by atoms with E-state index in [9.17, 15) is 0 Å². The molecule has 3 heteroatoms. The van der Waals surface area contributed by atoms with E-state index < -0.39 is 0 Å². The van der Waals surface area contributed by atoms with E-state index in [1.165, 1.54) is 112 Å². The van der Waals surface area contributed by atoms with Gasteiger partial charge in [0.25, 0.3) is 6.71 Å². The van der Waals surface area contributed by atoms with Gasteiger partial charge in [0.1, 0.15) is 0 Å². The minimum absolute atomic E-state index is 0.00591. The molecule has 0 amide bonds. The van der Waals surface area contributed by atoms with Gasteiger partial charge >= 0.3 is 0 Å². The van der Waals surface area contributed by atoms with Crippen molar-refractivity contribution in [3.63, 3.8) is 0 Å². The van der Waals surface area contributed by atoms with Crippen LogP contribution < -0.4 is 26.2 Å². The van der Waals surface area contributed by atoms with E-state index >= 15 is 0 Å². The van der Waals surface area contributed by atoms with E-state index in [1.54, 1.807) is 0 Å². The first-order valence-corrected chi connectivity index (χ1v) is 26.2. The fraction of sp³-hybridized carbons (Fsp3) is 0.294. The molecule has 2 heterocycles. The van der Waals surface area contributed by atoms with Crippen molar-refractivity contribution in [2.45, 2.75) is 130 Å². The summed E-state index contributed by atoms with van der Waals surface area (Å²) >= 11 is 0. The molecule has 0 spiro atoms. The molecular weight excluding hydrogens is 856 g/mol. The SMILES string of the molecule is Cc1cc2c3c(c1)N(c1ccc(C(C)(C)C)cc1-c1ccc(-c4ccccc4)cc1)c1cc4c(cc1B3c1ccc(C(C)(C)c3ccccc3)cc1N2c1cccc(C(C)(C)C)c1)C(C)(C)CCC4(C)C. The van der Waals surface area contributed by atoms with Crippen LogP contribution >= 0.6 is 0 Å². The second-order valence-electron chi connectivity index (χ2n) is 25.0. The van der Waals surface area contributed by atoms with E-state index in [0.717, 1.165) is 12.8 Å². The lowest BCUT2D eigenvalue weighted by Gasteiger charge is -2.48. The van der Waals surface area contributed by atoms with Crippen molar-refractivity contribution in [1.82, 2.24) is 0 Å². The molecule has 0 saturated heterocycles. The average molecular weight is 927 g/mol. The molecule has 11 rings (SSSR count). The summed E-state index contributed by atoms with van der Waals surface area (Å²) in [6.07, 6.45) is 2.31. The van der Waals surface area contributed by atoms with Crippen LogP contribution in [-0.4, -0.2) is 6.71 Å². The van der Waals surface area contributed by atoms with Gasteiger partial charge in [-0.05, 0) is 162 Å². The van der Waals surface area contributed by atoms with Crippen LogP contribution in [0.1, 0.15) is 135 Å². The van der Waals surface area contributed by atoms with Crippen molar-refractivity contribution >= 4 is 57.2 Å². The van der Waals surface area contributed by atoms with Crippen molar-refractivity contribution in [2.75, 3.05) is 9.80 Å². The third kappa shape index (κ3) is 7.87. The van der Waals surface area contributed by atoms with Gasteiger partial charge in [-0.15, -0.1) is 0 Å². The van der Waals surface area contributed by atoms with Crippen molar-refractivity contribution in [2.24, 2.45) is 0 Å². The normalized spacial score (nSPS) is 15.7. The zero-order valence-electron chi connectivity index (χ0n) is 44.6. The highest BCUT2D eigenvalue weighted by atomic mass is 15.2. The Bertz CT molecular complexity index is 3360. The van der Waals surface area contributed by atoms with Crippen LogP contribution in [0.15, 0.2) is 170 Å². The lowest BCUT2D eigenvalue weighted by atomic mass is 9.33. The molecule has 1 aliphatic carbocycles. The Morgan fingerprint density at radius 1 is 0.408 bits per heavy atom. The molecule has 0 unspecified atom stereocenters. The molecule has 0 bridgehead atoms. The number of fused-ring (bicyclic) bond motifs is 5. The van der Waals surface area contributed by atoms with Crippen molar-refractivity contribution in [1.29, 1.82) is 0 Å². The summed E-state index contributed by atoms with van der Waals surface area (Å²) in [7, 11) is 0. The minimum atomic E-state index is -0.224. The number of rotatable bonds is 6. The fourth-order valence-electron chi connectivity index (χ4n) is 12.2. The fourth-order valence-corrected chi connectivity index (χ4v) is 12.2. The molecule has 0 saturated carbocycles. The van der Waals surface area contributed by atoms with Gasteiger partial charge in [0.2, 0.25) is 0 Å². The van der Waals surface area contributed by atoms with Crippen LogP contribution in [-0.2, 0) is 27.1 Å². The van der Waals surface area contributed by atoms with Crippen LogP contribution in [0, 0.1) is 6.92 Å². The Kier molecular flexibility index (Phi) is 10.9. The van der Waals surface area contributed by atoms with Gasteiger partial charge in [0, 0.05) is 39.4 Å². The maximum atomic E-state index is 2.68. The largest absolute Gasteiger partial charge is 0.311 e. The molecule has 2 aliphatic heterocycles. The Hall–Kier alpha value is -6.58. The number of anilines is 6. The first-order chi connectivity index (χ1) is 33.6. The molecular formula is C68H71BN2. The van der Waals surface area contributed by atoms with Crippen molar-refractivity contribution in [3.8, 4) is 22.3 Å². The Labute approximate surface area is 425 Å². The lowest BCUT2D eigenvalue weighted by Crippen LogP contribution is -2.62. The lowest BCUT2D eigenvalue weighted by molar-refractivity contribution is 0.332. The van der Waals surface area contributed by atoms with Crippen LogP contribution in [0.3, 0.4) is 0 Å². The molecule has 2 nitrogen and oxygen atoms in total. The molecule has 356 valence electrons. The molecule has 71 heavy (non-hydrogen) atoms. The summed E-state index contributed by atoms with van der Waals surface area (Å²) in [6.45, 7) is 31.0. The summed E-state index contributed by atoms with van der Waals surface area (Å²) in [6, 6.07) is 65.6. The van der Waals surface area contributed by atoms with Crippen LogP contribution in [0.2, 0.25) is 0 Å². The molecule has 0 radical (unpaired) electrons. The summed E-state index contributed by atoms with van der Waals surface area (Å²) < 4.78 is 0. The maximum Gasteiger partial charge on any atom is 0.252 e. The maximum absolute atomic E-state index is 2.68. The van der Waals surface area contributed by atoms with Gasteiger partial charge in [-0.1, -0.05) is 204 Å². The van der Waals surface area contributed by atoms with Gasteiger partial charge in [-0.25, -0.2) is 0 Å². The number of aryl methyl sites for hydroxylation is 1. The van der Waals surface area contributed by atoms with Gasteiger partial charge in [0.15, 0.2) is 0 Å². The number of hydrogen-bond donors (Lipinski definition) is 0. The number of benzene rings is 8. The second-order valence-corrected chi connectivity index (χ2v) is 25.0. The second kappa shape index (κ2) is 16.5. The third-order valence-electron chi connectivity index (χ3n) is 16.8. The highest BCUT2D eigenvalue weighted by Gasteiger charge is 2.47. The van der Waals surface area contributed by atoms with E-state index in [1.807, 2.05) is 0 Å². The molecule has 0 fully saturated rings. The van der Waals surface area contributed by atoms with Crippen LogP contribution in [0.5, 0.6) is 0 Å². The summed E-state index contributed by atoms with van der Waals surface area (Å²) in [4.78, 5) is 5.31. The third-order valence-corrected chi connectivity index (χ3v) is 16.8. The number of hydrogen-bond acceptors (Lipinski definition) is 2. The van der Waals surface area contributed by atoms with Crippen molar-refractivity contribution < 1.29 is 0 Å². The Balaban J connectivity index is 1.23. The summed E-state index contributed by atoms with van der Waals surface area (Å²) in [5.41, 5.74) is 25.7. The van der Waals surface area contributed by atoms with Gasteiger partial charge < -0.3 is 9.80 Å². The molecule has 3 aliphatic rings. The molecule has 0 atom stereocenters. The molecule has 8 aromatic carbocycles. The standard InChI is InChI=1S/C68H71BN2/c1-44-37-61-63-62(38-44)71(58-34-32-50(65(5,6)7)40-53(58)47-29-27-46(28-30-47)45-21-16-14-17-22-45)60-43-55-54(66(8,9)35-36-67(55,10)11)42-57(60)69(63)56-33-31-51(68(12,13)48-23-18-15-19-24-48)41-59(56)70(61)52-26-20-25-49(39-52)64(2,3)4/h14-34,37-43H,35-36H2,1-13H3. The quantitative estimate of drug-likeness (QED) is 0.153. The summed E-state index contributed by atoms with van der Waals surface area (Å²) in [5, 5.41) is 0. The minimum Gasteiger partial charge on any atom is -0.311 e.